The van der Waals surface area contributed by atoms with Crippen molar-refractivity contribution in [2.75, 3.05) is 6.54 Å². The number of amides is 1. The van der Waals surface area contributed by atoms with Crippen molar-refractivity contribution in [1.82, 2.24) is 10.3 Å². The maximum absolute atomic E-state index is 12.3. The van der Waals surface area contributed by atoms with Crippen LogP contribution in [0, 0.1) is 6.92 Å². The van der Waals surface area contributed by atoms with Crippen LogP contribution in [0.4, 0.5) is 0 Å². The number of hydrogen-bond acceptors (Lipinski definition) is 4. The number of ether oxygens (including phenoxy) is 1. The number of pyridine rings is 1. The topological polar surface area (TPSA) is 77.2 Å². The Balaban J connectivity index is 0.00000288. The number of nitrogens with zero attached hydrogens (tertiary/aromatic N) is 1. The lowest BCUT2D eigenvalue weighted by molar-refractivity contribution is 0.0915. The molecule has 0 aliphatic carbocycles. The number of nitrogens with two attached hydrogens (primary N) is 1. The fraction of sp³-hybridized carbons (Fsp3) is 0.333. The van der Waals surface area contributed by atoms with Crippen LogP contribution in [0.1, 0.15) is 35.5 Å². The molecule has 0 radical (unpaired) electrons. The minimum absolute atomic E-state index is 0. The van der Waals surface area contributed by atoms with E-state index in [1.807, 2.05) is 51.1 Å². The first-order valence-electron chi connectivity index (χ1n) is 7.56. The fourth-order valence-corrected chi connectivity index (χ4v) is 1.94. The lowest BCUT2D eigenvalue weighted by atomic mass is 10.0. The largest absolute Gasteiger partial charge is 0.487 e. The number of benzene rings is 1. The number of halogens is 2. The third kappa shape index (κ3) is 7.30. The Kier molecular flexibility index (Phi) is 9.49. The summed E-state index contributed by atoms with van der Waals surface area (Å²) in [7, 11) is 0. The molecule has 0 spiro atoms. The van der Waals surface area contributed by atoms with Crippen LogP contribution in [0.25, 0.3) is 0 Å². The first kappa shape index (κ1) is 23.2. The monoisotopic (exact) mass is 385 g/mol. The summed E-state index contributed by atoms with van der Waals surface area (Å²) in [5, 5.41) is 2.91. The Labute approximate surface area is 161 Å². The highest BCUT2D eigenvalue weighted by Crippen LogP contribution is 2.13. The molecule has 0 saturated heterocycles. The number of nitrogens with one attached hydrogen (secondary N) is 1. The zero-order valence-electron chi connectivity index (χ0n) is 14.6. The Hall–Kier alpha value is -1.82. The molecule has 3 N–H and O–H groups in total. The smallest absolute Gasteiger partial charge is 0.251 e. The van der Waals surface area contributed by atoms with Crippen LogP contribution in [0.15, 0.2) is 42.6 Å². The molecule has 2 rings (SSSR count). The minimum Gasteiger partial charge on any atom is -0.487 e. The average Bonchev–Trinajstić information content (AvgIpc) is 2.54. The van der Waals surface area contributed by atoms with E-state index in [1.165, 1.54) is 0 Å². The van der Waals surface area contributed by atoms with Crippen molar-refractivity contribution in [3.05, 3.63) is 59.4 Å². The predicted octanol–water partition coefficient (Wildman–Crippen LogP) is 3.28. The molecule has 138 valence electrons. The standard InChI is InChI=1S/C18H23N3O2.2ClH/c1-13-7-8-16(10-20-13)23-11-14-5-4-6-15(9-14)17(22)21-18(2,3)12-19;;/h4-10H,11-12,19H2,1-3H3,(H,21,22);2*1H. The summed E-state index contributed by atoms with van der Waals surface area (Å²) < 4.78 is 5.69. The van der Waals surface area contributed by atoms with E-state index in [4.69, 9.17) is 10.5 Å². The molecule has 0 fully saturated rings. The minimum atomic E-state index is -0.433. The van der Waals surface area contributed by atoms with Gasteiger partial charge in [-0.25, -0.2) is 0 Å². The lowest BCUT2D eigenvalue weighted by Crippen LogP contribution is -2.48. The van der Waals surface area contributed by atoms with Gasteiger partial charge in [-0.15, -0.1) is 24.8 Å². The van der Waals surface area contributed by atoms with Crippen LogP contribution in [-0.4, -0.2) is 23.0 Å². The summed E-state index contributed by atoms with van der Waals surface area (Å²) in [6.07, 6.45) is 1.69. The summed E-state index contributed by atoms with van der Waals surface area (Å²) in [6, 6.07) is 11.1. The van der Waals surface area contributed by atoms with Gasteiger partial charge < -0.3 is 15.8 Å². The van der Waals surface area contributed by atoms with Crippen molar-refractivity contribution >= 4 is 30.7 Å². The highest BCUT2D eigenvalue weighted by molar-refractivity contribution is 5.94. The molecule has 5 nitrogen and oxygen atoms in total. The Bertz CT molecular complexity index is 676. The average molecular weight is 386 g/mol. The molecule has 0 aliphatic heterocycles. The van der Waals surface area contributed by atoms with E-state index in [-0.39, 0.29) is 30.7 Å². The number of hydrogen-bond donors (Lipinski definition) is 2. The molecule has 1 aromatic heterocycles. The molecule has 0 aliphatic rings. The van der Waals surface area contributed by atoms with Crippen LogP contribution in [0.2, 0.25) is 0 Å². The molecule has 0 bridgehead atoms. The molecule has 2 aromatic rings. The van der Waals surface area contributed by atoms with Crippen LogP contribution >= 0.6 is 24.8 Å². The van der Waals surface area contributed by atoms with Gasteiger partial charge in [0.05, 0.1) is 6.20 Å². The van der Waals surface area contributed by atoms with E-state index in [9.17, 15) is 4.79 Å². The summed E-state index contributed by atoms with van der Waals surface area (Å²) in [6.45, 7) is 6.47. The number of carbonyl (C=O) groups is 1. The molecule has 1 heterocycles. The van der Waals surface area contributed by atoms with Gasteiger partial charge in [0.1, 0.15) is 12.4 Å². The number of aromatic nitrogens is 1. The van der Waals surface area contributed by atoms with Crippen molar-refractivity contribution in [2.45, 2.75) is 32.9 Å². The van der Waals surface area contributed by atoms with Crippen molar-refractivity contribution in [3.63, 3.8) is 0 Å². The van der Waals surface area contributed by atoms with E-state index in [1.54, 1.807) is 12.3 Å². The molecule has 1 amide bonds. The van der Waals surface area contributed by atoms with E-state index in [2.05, 4.69) is 10.3 Å². The zero-order valence-corrected chi connectivity index (χ0v) is 16.2. The lowest BCUT2D eigenvalue weighted by Gasteiger charge is -2.24. The second-order valence-electron chi connectivity index (χ2n) is 6.17. The Morgan fingerprint density at radius 2 is 1.96 bits per heavy atom. The fourth-order valence-electron chi connectivity index (χ4n) is 1.94. The van der Waals surface area contributed by atoms with E-state index in [0.29, 0.717) is 24.5 Å². The molecule has 7 heteroatoms. The summed E-state index contributed by atoms with van der Waals surface area (Å²) in [5.74, 6) is 0.564. The second-order valence-corrected chi connectivity index (χ2v) is 6.17. The maximum Gasteiger partial charge on any atom is 0.251 e. The van der Waals surface area contributed by atoms with Crippen LogP contribution in [0.5, 0.6) is 5.75 Å². The molecule has 1 aromatic carbocycles. The Morgan fingerprint density at radius 3 is 2.56 bits per heavy atom. The molecular formula is C18H25Cl2N3O2. The van der Waals surface area contributed by atoms with Crippen molar-refractivity contribution in [1.29, 1.82) is 0 Å². The van der Waals surface area contributed by atoms with E-state index < -0.39 is 5.54 Å². The first-order valence-corrected chi connectivity index (χ1v) is 7.56. The van der Waals surface area contributed by atoms with Gasteiger partial charge in [-0.2, -0.15) is 0 Å². The number of rotatable bonds is 6. The van der Waals surface area contributed by atoms with Crippen LogP contribution < -0.4 is 15.8 Å². The number of carbonyl (C=O) groups excluding carboxylic acids is 1. The van der Waals surface area contributed by atoms with Gasteiger partial charge in [0.15, 0.2) is 0 Å². The van der Waals surface area contributed by atoms with Crippen molar-refractivity contribution in [3.8, 4) is 5.75 Å². The van der Waals surface area contributed by atoms with Crippen molar-refractivity contribution < 1.29 is 9.53 Å². The second kappa shape index (κ2) is 10.2. The Morgan fingerprint density at radius 1 is 1.24 bits per heavy atom. The van der Waals surface area contributed by atoms with Gasteiger partial charge in [0.25, 0.3) is 5.91 Å². The highest BCUT2D eigenvalue weighted by Gasteiger charge is 2.19. The molecule has 0 unspecified atom stereocenters. The third-order valence-electron chi connectivity index (χ3n) is 3.44. The van der Waals surface area contributed by atoms with Gasteiger partial charge in [0.2, 0.25) is 0 Å². The molecule has 25 heavy (non-hydrogen) atoms. The van der Waals surface area contributed by atoms with Crippen molar-refractivity contribution in [2.24, 2.45) is 5.73 Å². The van der Waals surface area contributed by atoms with Gasteiger partial charge >= 0.3 is 0 Å². The summed E-state index contributed by atoms with van der Waals surface area (Å²) in [5.41, 5.74) is 7.67. The van der Waals surface area contributed by atoms with Crippen LogP contribution in [0.3, 0.4) is 0 Å². The molecule has 0 saturated carbocycles. The van der Waals surface area contributed by atoms with E-state index >= 15 is 0 Å². The van der Waals surface area contributed by atoms with Crippen LogP contribution in [-0.2, 0) is 6.61 Å². The SMILES string of the molecule is Cc1ccc(OCc2cccc(C(=O)NC(C)(C)CN)c2)cn1.Cl.Cl. The van der Waals surface area contributed by atoms with Gasteiger partial charge in [-0.1, -0.05) is 12.1 Å². The normalized spacial score (nSPS) is 10.2. The maximum atomic E-state index is 12.3. The van der Waals surface area contributed by atoms with Gasteiger partial charge in [0, 0.05) is 23.3 Å². The van der Waals surface area contributed by atoms with Gasteiger partial charge in [-0.3, -0.25) is 9.78 Å². The first-order chi connectivity index (χ1) is 10.9. The summed E-state index contributed by atoms with van der Waals surface area (Å²) in [4.78, 5) is 16.5. The zero-order chi connectivity index (χ0) is 16.9. The quantitative estimate of drug-likeness (QED) is 0.799. The summed E-state index contributed by atoms with van der Waals surface area (Å²) >= 11 is 0. The highest BCUT2D eigenvalue weighted by atomic mass is 35.5. The molecule has 0 atom stereocenters. The third-order valence-corrected chi connectivity index (χ3v) is 3.44. The van der Waals surface area contributed by atoms with Gasteiger partial charge in [-0.05, 0) is 50.6 Å². The predicted molar refractivity (Wildman–Crippen MR) is 105 cm³/mol. The molecular weight excluding hydrogens is 361 g/mol. The number of aryl methyl sites for hydroxylation is 1. The van der Waals surface area contributed by atoms with E-state index in [0.717, 1.165) is 11.3 Å².